The van der Waals surface area contributed by atoms with Crippen LogP contribution in [-0.4, -0.2) is 95.1 Å². The molecule has 0 aromatic heterocycles. The Bertz CT molecular complexity index is 781. The zero-order valence-electron chi connectivity index (χ0n) is 17.7. The zero-order valence-corrected chi connectivity index (χ0v) is 17.7. The third kappa shape index (κ3) is 3.08. The highest BCUT2D eigenvalue weighted by molar-refractivity contribution is 5.99. The van der Waals surface area contributed by atoms with E-state index in [0.717, 1.165) is 19.3 Å². The summed E-state index contributed by atoms with van der Waals surface area (Å²) in [4.78, 5) is 45.1. The van der Waals surface area contributed by atoms with Gasteiger partial charge in [0.2, 0.25) is 17.7 Å². The van der Waals surface area contributed by atoms with Crippen LogP contribution in [0.15, 0.2) is 24.3 Å². The van der Waals surface area contributed by atoms with Crippen molar-refractivity contribution in [2.75, 3.05) is 39.8 Å². The number of aliphatic hydroxyl groups excluding tert-OH is 1. The van der Waals surface area contributed by atoms with Gasteiger partial charge in [-0.25, -0.2) is 0 Å². The van der Waals surface area contributed by atoms with Crippen molar-refractivity contribution in [3.8, 4) is 0 Å². The van der Waals surface area contributed by atoms with Crippen molar-refractivity contribution in [2.24, 2.45) is 11.8 Å². The second kappa shape index (κ2) is 8.15. The van der Waals surface area contributed by atoms with Gasteiger partial charge in [-0.3, -0.25) is 14.4 Å². The van der Waals surface area contributed by atoms with Crippen molar-refractivity contribution in [1.82, 2.24) is 14.7 Å². The summed E-state index contributed by atoms with van der Waals surface area (Å²) in [5.41, 5.74) is -1.18. The van der Waals surface area contributed by atoms with Crippen LogP contribution in [0.5, 0.6) is 0 Å². The quantitative estimate of drug-likeness (QED) is 0.492. The van der Waals surface area contributed by atoms with Gasteiger partial charge in [-0.15, -0.1) is 0 Å². The zero-order chi connectivity index (χ0) is 21.5. The van der Waals surface area contributed by atoms with E-state index in [1.54, 1.807) is 16.8 Å². The van der Waals surface area contributed by atoms with Gasteiger partial charge in [0.05, 0.1) is 24.5 Å². The summed E-state index contributed by atoms with van der Waals surface area (Å²) in [7, 11) is 1.71. The molecular formula is C22H31N3O5. The highest BCUT2D eigenvalue weighted by atomic mass is 16.5. The lowest BCUT2D eigenvalue weighted by molar-refractivity contribution is -0.148. The van der Waals surface area contributed by atoms with Crippen LogP contribution in [0.3, 0.4) is 0 Å². The van der Waals surface area contributed by atoms with E-state index in [1.165, 1.54) is 4.90 Å². The first-order valence-electron chi connectivity index (χ1n) is 10.9. The standard InChI is InChI=1S/C22H31N3O5/c1-3-4-5-11-24-12-7-9-22-17(20(28)25(13-14-26)18(22)21(24)29)16-15(30-22)8-6-10-23(2)19(16)27/h6-9,15-18,26H,3-5,10-14H2,1-2H3/t15-,16+,17-,18?,22-/m0/s1. The van der Waals surface area contributed by atoms with E-state index in [1.807, 2.05) is 24.3 Å². The van der Waals surface area contributed by atoms with Crippen LogP contribution in [0.25, 0.3) is 0 Å². The molecule has 4 heterocycles. The molecule has 4 aliphatic rings. The molecule has 0 saturated carbocycles. The van der Waals surface area contributed by atoms with Crippen molar-refractivity contribution in [3.63, 3.8) is 0 Å². The van der Waals surface area contributed by atoms with E-state index in [9.17, 15) is 19.5 Å². The Morgan fingerprint density at radius 3 is 2.63 bits per heavy atom. The van der Waals surface area contributed by atoms with Crippen molar-refractivity contribution in [1.29, 1.82) is 0 Å². The molecular weight excluding hydrogens is 386 g/mol. The number of rotatable bonds is 6. The van der Waals surface area contributed by atoms with Gasteiger partial charge in [0.25, 0.3) is 0 Å². The van der Waals surface area contributed by atoms with Crippen LogP contribution in [0.2, 0.25) is 0 Å². The minimum Gasteiger partial charge on any atom is -0.395 e. The molecule has 0 bridgehead atoms. The number of likely N-dealkylation sites (tertiary alicyclic amines) is 1. The van der Waals surface area contributed by atoms with Crippen molar-refractivity contribution in [3.05, 3.63) is 24.3 Å². The van der Waals surface area contributed by atoms with Gasteiger partial charge in [0.15, 0.2) is 0 Å². The molecule has 30 heavy (non-hydrogen) atoms. The van der Waals surface area contributed by atoms with Crippen LogP contribution in [0, 0.1) is 11.8 Å². The number of hydrogen-bond donors (Lipinski definition) is 1. The number of unbranched alkanes of at least 4 members (excludes halogenated alkanes) is 2. The molecule has 4 rings (SSSR count). The molecule has 0 aromatic carbocycles. The number of ether oxygens (including phenoxy) is 1. The molecule has 0 radical (unpaired) electrons. The maximum Gasteiger partial charge on any atom is 0.249 e. The molecule has 4 aliphatic heterocycles. The highest BCUT2D eigenvalue weighted by Gasteiger charge is 2.71. The smallest absolute Gasteiger partial charge is 0.249 e. The summed E-state index contributed by atoms with van der Waals surface area (Å²) in [5.74, 6) is -2.03. The number of β-amino-alcohol motifs (C(OH)–C–C–N with tert-alkyl or cyclic N) is 1. The second-order valence-electron chi connectivity index (χ2n) is 8.64. The Hall–Kier alpha value is -2.19. The summed E-state index contributed by atoms with van der Waals surface area (Å²) in [6.45, 7) is 3.44. The summed E-state index contributed by atoms with van der Waals surface area (Å²) in [5, 5.41) is 9.60. The van der Waals surface area contributed by atoms with Gasteiger partial charge in [-0.2, -0.15) is 0 Å². The first kappa shape index (κ1) is 21.1. The summed E-state index contributed by atoms with van der Waals surface area (Å²) in [6.07, 6.45) is 9.90. The minimum absolute atomic E-state index is 0.0464. The number of aliphatic hydroxyl groups is 1. The lowest BCUT2D eigenvalue weighted by atomic mass is 9.77. The van der Waals surface area contributed by atoms with Crippen LogP contribution < -0.4 is 0 Å². The molecule has 0 aliphatic carbocycles. The molecule has 5 atom stereocenters. The van der Waals surface area contributed by atoms with Crippen LogP contribution in [0.1, 0.15) is 26.2 Å². The Kier molecular flexibility index (Phi) is 5.72. The number of carbonyl (C=O) groups is 3. The molecule has 8 heteroatoms. The number of amides is 3. The predicted molar refractivity (Wildman–Crippen MR) is 109 cm³/mol. The molecule has 2 saturated heterocycles. The number of carbonyl (C=O) groups excluding carboxylic acids is 3. The monoisotopic (exact) mass is 417 g/mol. The number of hydrogen-bond acceptors (Lipinski definition) is 5. The molecule has 164 valence electrons. The molecule has 3 amide bonds. The van der Waals surface area contributed by atoms with E-state index in [4.69, 9.17) is 4.74 Å². The van der Waals surface area contributed by atoms with Gasteiger partial charge in [-0.1, -0.05) is 44.1 Å². The van der Waals surface area contributed by atoms with Crippen LogP contribution in [0.4, 0.5) is 0 Å². The fraction of sp³-hybridized carbons (Fsp3) is 0.682. The van der Waals surface area contributed by atoms with Gasteiger partial charge in [0, 0.05) is 33.2 Å². The van der Waals surface area contributed by atoms with E-state index < -0.39 is 29.6 Å². The predicted octanol–water partition coefficient (Wildman–Crippen LogP) is 0.176. The molecule has 8 nitrogen and oxygen atoms in total. The van der Waals surface area contributed by atoms with Crippen molar-refractivity contribution < 1.29 is 24.2 Å². The van der Waals surface area contributed by atoms with E-state index in [0.29, 0.717) is 19.6 Å². The lowest BCUT2D eigenvalue weighted by Gasteiger charge is -2.35. The normalized spacial score (nSPS) is 35.4. The number of nitrogens with zero attached hydrogens (tertiary/aromatic N) is 3. The Morgan fingerprint density at radius 1 is 1.10 bits per heavy atom. The van der Waals surface area contributed by atoms with Gasteiger partial charge in [0.1, 0.15) is 11.6 Å². The maximum atomic E-state index is 13.6. The largest absolute Gasteiger partial charge is 0.395 e. The number of likely N-dealkylation sites (N-methyl/N-ethyl adjacent to an activating group) is 1. The summed E-state index contributed by atoms with van der Waals surface area (Å²) in [6, 6.07) is -0.860. The van der Waals surface area contributed by atoms with Crippen molar-refractivity contribution in [2.45, 2.75) is 43.9 Å². The maximum absolute atomic E-state index is 13.6. The van der Waals surface area contributed by atoms with Crippen LogP contribution >= 0.6 is 0 Å². The fourth-order valence-electron chi connectivity index (χ4n) is 5.41. The van der Waals surface area contributed by atoms with E-state index in [2.05, 4.69) is 6.92 Å². The molecule has 1 unspecified atom stereocenters. The van der Waals surface area contributed by atoms with E-state index >= 15 is 0 Å². The molecule has 2 fully saturated rings. The highest BCUT2D eigenvalue weighted by Crippen LogP contribution is 2.53. The first-order chi connectivity index (χ1) is 14.5. The minimum atomic E-state index is -1.18. The third-order valence-corrected chi connectivity index (χ3v) is 6.82. The SMILES string of the molecule is CCCCCN1CC=C[C@]23O[C@H]4C=CCN(C)C(=O)[C@H]4[C@H]2C(=O)N(CCO)C3C1=O. The average molecular weight is 418 g/mol. The Balaban J connectivity index is 1.75. The summed E-state index contributed by atoms with van der Waals surface area (Å²) < 4.78 is 6.44. The molecule has 1 N–H and O–H groups in total. The lowest BCUT2D eigenvalue weighted by Crippen LogP contribution is -2.55. The first-order valence-corrected chi connectivity index (χ1v) is 10.9. The van der Waals surface area contributed by atoms with Gasteiger partial charge >= 0.3 is 0 Å². The third-order valence-electron chi connectivity index (χ3n) is 6.82. The average Bonchev–Trinajstić information content (AvgIpc) is 3.04. The van der Waals surface area contributed by atoms with E-state index in [-0.39, 0.29) is 30.9 Å². The van der Waals surface area contributed by atoms with Gasteiger partial charge < -0.3 is 24.5 Å². The molecule has 0 aromatic rings. The topological polar surface area (TPSA) is 90.4 Å². The van der Waals surface area contributed by atoms with Crippen molar-refractivity contribution >= 4 is 17.7 Å². The van der Waals surface area contributed by atoms with Crippen LogP contribution in [-0.2, 0) is 19.1 Å². The number of fused-ring (bicyclic) bond motifs is 2. The Labute approximate surface area is 177 Å². The molecule has 1 spiro atoms. The van der Waals surface area contributed by atoms with Gasteiger partial charge in [-0.05, 0) is 6.42 Å². The Morgan fingerprint density at radius 2 is 1.90 bits per heavy atom. The summed E-state index contributed by atoms with van der Waals surface area (Å²) >= 11 is 0. The second-order valence-corrected chi connectivity index (χ2v) is 8.64. The fourth-order valence-corrected chi connectivity index (χ4v) is 5.41.